The number of piperidine rings is 1. The maximum Gasteiger partial charge on any atom is 0.416 e. The standard InChI is InChI=1S/C26H31N7O4/c1-17-7-5-8-18(11-17)15-32(25(36)37-26(2,3)4)22-12-21(30-23-19(13-27)14-28-33(22)23)29-20-9-6-10-31(16-20)24(34)35/h5,7-8,11-12,14,20H,6,9-10,15-16H2,1-4H3,(H,29,30)(H,34,35). The summed E-state index contributed by atoms with van der Waals surface area (Å²) in [5.74, 6) is 0.783. The number of nitrogens with one attached hydrogen (secondary N) is 1. The third-order valence-electron chi connectivity index (χ3n) is 5.93. The Hall–Kier alpha value is -4.33. The van der Waals surface area contributed by atoms with Crippen molar-refractivity contribution >= 4 is 29.5 Å². The summed E-state index contributed by atoms with van der Waals surface area (Å²) in [5, 5.41) is 26.7. The Balaban J connectivity index is 1.78. The van der Waals surface area contributed by atoms with Gasteiger partial charge in [0.05, 0.1) is 12.7 Å². The van der Waals surface area contributed by atoms with Crippen LogP contribution in [0.2, 0.25) is 0 Å². The van der Waals surface area contributed by atoms with Gasteiger partial charge in [-0.05, 0) is 46.1 Å². The first kappa shape index (κ1) is 25.8. The molecule has 11 nitrogen and oxygen atoms in total. The fourth-order valence-corrected chi connectivity index (χ4v) is 4.32. The first-order valence-electron chi connectivity index (χ1n) is 12.1. The van der Waals surface area contributed by atoms with Crippen molar-refractivity contribution in [3.8, 4) is 6.07 Å². The van der Waals surface area contributed by atoms with Crippen molar-refractivity contribution in [1.29, 1.82) is 5.26 Å². The number of benzene rings is 1. The number of carboxylic acid groups (broad SMARTS) is 1. The number of fused-ring (bicyclic) bond motifs is 1. The number of amides is 2. The Kier molecular flexibility index (Phi) is 7.20. The van der Waals surface area contributed by atoms with Gasteiger partial charge in [-0.15, -0.1) is 0 Å². The van der Waals surface area contributed by atoms with Crippen molar-refractivity contribution < 1.29 is 19.4 Å². The molecule has 1 atom stereocenters. The topological polar surface area (TPSA) is 136 Å². The quantitative estimate of drug-likeness (QED) is 0.521. The smallest absolute Gasteiger partial charge is 0.416 e. The van der Waals surface area contributed by atoms with Crippen LogP contribution in [0.1, 0.15) is 50.3 Å². The van der Waals surface area contributed by atoms with Gasteiger partial charge in [-0.3, -0.25) is 4.90 Å². The summed E-state index contributed by atoms with van der Waals surface area (Å²) >= 11 is 0. The number of carbonyl (C=O) groups excluding carboxylic acids is 1. The molecular formula is C26H31N7O4. The number of likely N-dealkylation sites (tertiary alicyclic amines) is 1. The SMILES string of the molecule is Cc1cccc(CN(C(=O)OC(C)(C)C)c2cc(NC3CCCN(C(=O)O)C3)nc3c(C#N)cnn23)c1. The van der Waals surface area contributed by atoms with Crippen LogP contribution in [0.5, 0.6) is 0 Å². The van der Waals surface area contributed by atoms with E-state index in [-0.39, 0.29) is 23.8 Å². The molecule has 2 amide bonds. The van der Waals surface area contributed by atoms with Gasteiger partial charge < -0.3 is 20.1 Å². The lowest BCUT2D eigenvalue weighted by Gasteiger charge is -2.32. The van der Waals surface area contributed by atoms with Gasteiger partial charge in [-0.25, -0.2) is 14.6 Å². The fourth-order valence-electron chi connectivity index (χ4n) is 4.32. The van der Waals surface area contributed by atoms with Gasteiger partial charge in [0.25, 0.3) is 0 Å². The molecule has 3 aromatic rings. The molecule has 1 saturated heterocycles. The van der Waals surface area contributed by atoms with Crippen LogP contribution < -0.4 is 10.2 Å². The molecule has 1 aliphatic heterocycles. The van der Waals surface area contributed by atoms with E-state index in [2.05, 4.69) is 21.5 Å². The van der Waals surface area contributed by atoms with Crippen molar-refractivity contribution in [2.24, 2.45) is 0 Å². The Bertz CT molecular complexity index is 1360. The van der Waals surface area contributed by atoms with Gasteiger partial charge >= 0.3 is 12.2 Å². The highest BCUT2D eigenvalue weighted by molar-refractivity contribution is 5.88. The van der Waals surface area contributed by atoms with Crippen molar-refractivity contribution in [2.45, 2.75) is 58.7 Å². The molecule has 0 bridgehead atoms. The highest BCUT2D eigenvalue weighted by atomic mass is 16.6. The normalized spacial score (nSPS) is 15.8. The fraction of sp³-hybridized carbons (Fsp3) is 0.423. The first-order chi connectivity index (χ1) is 17.5. The van der Waals surface area contributed by atoms with Gasteiger partial charge in [0.2, 0.25) is 0 Å². The van der Waals surface area contributed by atoms with Crippen LogP contribution in [-0.2, 0) is 11.3 Å². The number of hydrogen-bond donors (Lipinski definition) is 2. The van der Waals surface area contributed by atoms with E-state index in [1.54, 1.807) is 26.8 Å². The Morgan fingerprint density at radius 2 is 2.11 bits per heavy atom. The lowest BCUT2D eigenvalue weighted by molar-refractivity contribution is 0.0575. The lowest BCUT2D eigenvalue weighted by atomic mass is 10.1. The molecule has 0 saturated carbocycles. The van der Waals surface area contributed by atoms with Gasteiger partial charge in [0.1, 0.15) is 28.9 Å². The second-order valence-electron chi connectivity index (χ2n) is 10.2. The minimum absolute atomic E-state index is 0.173. The van der Waals surface area contributed by atoms with E-state index in [1.807, 2.05) is 31.2 Å². The highest BCUT2D eigenvalue weighted by Crippen LogP contribution is 2.27. The van der Waals surface area contributed by atoms with Crippen LogP contribution in [0.3, 0.4) is 0 Å². The number of aromatic nitrogens is 3. The molecule has 37 heavy (non-hydrogen) atoms. The third kappa shape index (κ3) is 6.09. The highest BCUT2D eigenvalue weighted by Gasteiger charge is 2.28. The Labute approximate surface area is 215 Å². The molecule has 1 aliphatic rings. The molecule has 4 rings (SSSR count). The Morgan fingerprint density at radius 3 is 2.78 bits per heavy atom. The number of nitriles is 1. The average Bonchev–Trinajstić information content (AvgIpc) is 3.24. The maximum atomic E-state index is 13.5. The largest absolute Gasteiger partial charge is 0.465 e. The predicted octanol–water partition coefficient (Wildman–Crippen LogP) is 4.41. The lowest BCUT2D eigenvalue weighted by Crippen LogP contribution is -2.44. The molecule has 194 valence electrons. The number of nitrogens with zero attached hydrogens (tertiary/aromatic N) is 6. The summed E-state index contributed by atoms with van der Waals surface area (Å²) in [6, 6.07) is 11.4. The maximum absolute atomic E-state index is 13.5. The average molecular weight is 506 g/mol. The van der Waals surface area contributed by atoms with Gasteiger partial charge in [-0.1, -0.05) is 29.8 Å². The van der Waals surface area contributed by atoms with Crippen LogP contribution in [-0.4, -0.2) is 61.5 Å². The summed E-state index contributed by atoms with van der Waals surface area (Å²) in [7, 11) is 0. The van der Waals surface area contributed by atoms with Crippen LogP contribution >= 0.6 is 0 Å². The van der Waals surface area contributed by atoms with Crippen molar-refractivity contribution in [3.63, 3.8) is 0 Å². The zero-order valence-corrected chi connectivity index (χ0v) is 21.4. The van der Waals surface area contributed by atoms with Crippen molar-refractivity contribution in [3.05, 3.63) is 53.2 Å². The second-order valence-corrected chi connectivity index (χ2v) is 10.2. The second kappa shape index (κ2) is 10.3. The first-order valence-corrected chi connectivity index (χ1v) is 12.1. The minimum Gasteiger partial charge on any atom is -0.465 e. The molecule has 0 aliphatic carbocycles. The van der Waals surface area contributed by atoms with Crippen molar-refractivity contribution in [2.75, 3.05) is 23.3 Å². The third-order valence-corrected chi connectivity index (χ3v) is 5.93. The number of anilines is 2. The summed E-state index contributed by atoms with van der Waals surface area (Å²) in [6.07, 6.45) is 1.34. The summed E-state index contributed by atoms with van der Waals surface area (Å²) in [4.78, 5) is 32.4. The molecule has 1 unspecified atom stereocenters. The molecule has 0 spiro atoms. The van der Waals surface area contributed by atoms with Gasteiger partial charge in [0, 0.05) is 25.2 Å². The summed E-state index contributed by atoms with van der Waals surface area (Å²) < 4.78 is 7.19. The van der Waals surface area contributed by atoms with Gasteiger partial charge in [-0.2, -0.15) is 14.9 Å². The zero-order valence-electron chi connectivity index (χ0n) is 21.4. The summed E-state index contributed by atoms with van der Waals surface area (Å²) in [5.41, 5.74) is 1.74. The van der Waals surface area contributed by atoms with E-state index in [0.29, 0.717) is 31.1 Å². The van der Waals surface area contributed by atoms with E-state index in [1.165, 1.54) is 20.5 Å². The predicted molar refractivity (Wildman–Crippen MR) is 138 cm³/mol. The van der Waals surface area contributed by atoms with Crippen LogP contribution in [0.25, 0.3) is 5.65 Å². The van der Waals surface area contributed by atoms with E-state index in [4.69, 9.17) is 4.74 Å². The summed E-state index contributed by atoms with van der Waals surface area (Å²) in [6.45, 7) is 8.35. The molecule has 1 fully saturated rings. The van der Waals surface area contributed by atoms with Crippen LogP contribution in [0.4, 0.5) is 21.2 Å². The molecule has 11 heteroatoms. The van der Waals surface area contributed by atoms with Gasteiger partial charge in [0.15, 0.2) is 5.65 Å². The van der Waals surface area contributed by atoms with Crippen LogP contribution in [0.15, 0.2) is 36.5 Å². The molecule has 2 aromatic heterocycles. The molecular weight excluding hydrogens is 474 g/mol. The zero-order chi connectivity index (χ0) is 26.7. The Morgan fingerprint density at radius 1 is 1.32 bits per heavy atom. The van der Waals surface area contributed by atoms with E-state index in [9.17, 15) is 20.0 Å². The molecule has 1 aromatic carbocycles. The van der Waals surface area contributed by atoms with E-state index in [0.717, 1.165) is 17.5 Å². The number of aryl methyl sites for hydroxylation is 1. The molecule has 3 heterocycles. The van der Waals surface area contributed by atoms with E-state index >= 15 is 0 Å². The number of carbonyl (C=O) groups is 2. The van der Waals surface area contributed by atoms with Crippen molar-refractivity contribution in [1.82, 2.24) is 19.5 Å². The molecule has 0 radical (unpaired) electrons. The number of ether oxygens (including phenoxy) is 1. The molecule has 2 N–H and O–H groups in total. The number of rotatable bonds is 5. The van der Waals surface area contributed by atoms with E-state index < -0.39 is 17.8 Å². The number of hydrogen-bond acceptors (Lipinski definition) is 7. The van der Waals surface area contributed by atoms with Crippen LogP contribution in [0, 0.1) is 18.3 Å². The minimum atomic E-state index is -0.965. The monoisotopic (exact) mass is 505 g/mol.